The molecule has 37 heavy (non-hydrogen) atoms. The summed E-state index contributed by atoms with van der Waals surface area (Å²) in [6, 6.07) is 20.6. The van der Waals surface area contributed by atoms with Gasteiger partial charge in [0, 0.05) is 11.1 Å². The molecule has 0 aliphatic carbocycles. The number of carbonyl (C=O) groups is 2. The van der Waals surface area contributed by atoms with Crippen molar-refractivity contribution in [2.45, 2.75) is 32.9 Å². The van der Waals surface area contributed by atoms with Gasteiger partial charge in [0.15, 0.2) is 0 Å². The number of amides is 1. The summed E-state index contributed by atoms with van der Waals surface area (Å²) in [5.41, 5.74) is 1.89. The van der Waals surface area contributed by atoms with Crippen molar-refractivity contribution < 1.29 is 28.9 Å². The summed E-state index contributed by atoms with van der Waals surface area (Å²) in [4.78, 5) is 28.1. The van der Waals surface area contributed by atoms with Crippen molar-refractivity contribution in [3.05, 3.63) is 95.1 Å². The van der Waals surface area contributed by atoms with Crippen molar-refractivity contribution in [1.82, 2.24) is 4.90 Å². The maximum Gasteiger partial charge on any atom is 0.295 e. The minimum Gasteiger partial charge on any atom is -0.507 e. The molecule has 0 radical (unpaired) electrons. The predicted molar refractivity (Wildman–Crippen MR) is 141 cm³/mol. The molecular formula is C30H31NO6. The fourth-order valence-corrected chi connectivity index (χ4v) is 4.40. The molecule has 1 saturated heterocycles. The molecule has 1 heterocycles. The lowest BCUT2D eigenvalue weighted by Crippen LogP contribution is -2.29. The average Bonchev–Trinajstić information content (AvgIpc) is 3.17. The molecule has 1 aliphatic rings. The summed E-state index contributed by atoms with van der Waals surface area (Å²) >= 11 is 0. The van der Waals surface area contributed by atoms with Gasteiger partial charge < -0.3 is 24.2 Å². The SMILES string of the molecule is CCCOc1ccc(/C(O)=C2\C(=O)C(=O)N(Cc3ccccc3OC)C2c2ccc(OCC)cc2)cc1. The fourth-order valence-electron chi connectivity index (χ4n) is 4.40. The summed E-state index contributed by atoms with van der Waals surface area (Å²) < 4.78 is 16.7. The van der Waals surface area contributed by atoms with Crippen LogP contribution in [0.5, 0.6) is 17.2 Å². The third kappa shape index (κ3) is 5.45. The van der Waals surface area contributed by atoms with E-state index in [-0.39, 0.29) is 17.9 Å². The van der Waals surface area contributed by atoms with Crippen molar-refractivity contribution in [1.29, 1.82) is 0 Å². The summed E-state index contributed by atoms with van der Waals surface area (Å²) in [6.07, 6.45) is 0.874. The number of ether oxygens (including phenoxy) is 3. The number of hydrogen-bond donors (Lipinski definition) is 1. The van der Waals surface area contributed by atoms with E-state index in [9.17, 15) is 14.7 Å². The van der Waals surface area contributed by atoms with E-state index in [1.54, 1.807) is 49.6 Å². The van der Waals surface area contributed by atoms with Crippen LogP contribution in [0, 0.1) is 0 Å². The first kappa shape index (κ1) is 25.8. The summed E-state index contributed by atoms with van der Waals surface area (Å²) in [5.74, 6) is 0.292. The molecule has 1 aliphatic heterocycles. The van der Waals surface area contributed by atoms with Crippen LogP contribution in [0.15, 0.2) is 78.4 Å². The molecule has 1 N–H and O–H groups in total. The highest BCUT2D eigenvalue weighted by molar-refractivity contribution is 6.46. The number of ketones is 1. The molecule has 4 rings (SSSR count). The number of aliphatic hydroxyl groups excluding tert-OH is 1. The molecule has 1 unspecified atom stereocenters. The van der Waals surface area contributed by atoms with Crippen molar-refractivity contribution >= 4 is 17.4 Å². The van der Waals surface area contributed by atoms with Gasteiger partial charge in [0.1, 0.15) is 23.0 Å². The number of para-hydroxylation sites is 1. The highest BCUT2D eigenvalue weighted by atomic mass is 16.5. The second kappa shape index (κ2) is 11.6. The Balaban J connectivity index is 1.79. The number of aliphatic hydroxyl groups is 1. The molecule has 192 valence electrons. The smallest absolute Gasteiger partial charge is 0.295 e. The van der Waals surface area contributed by atoms with Gasteiger partial charge >= 0.3 is 0 Å². The van der Waals surface area contributed by atoms with E-state index in [4.69, 9.17) is 14.2 Å². The van der Waals surface area contributed by atoms with Crippen LogP contribution in [0.3, 0.4) is 0 Å². The van der Waals surface area contributed by atoms with Crippen LogP contribution in [0.4, 0.5) is 0 Å². The normalized spacial score (nSPS) is 16.6. The monoisotopic (exact) mass is 501 g/mol. The lowest BCUT2D eigenvalue weighted by atomic mass is 9.95. The number of likely N-dealkylation sites (tertiary alicyclic amines) is 1. The molecule has 1 fully saturated rings. The third-order valence-electron chi connectivity index (χ3n) is 6.18. The highest BCUT2D eigenvalue weighted by Gasteiger charge is 2.46. The highest BCUT2D eigenvalue weighted by Crippen LogP contribution is 2.41. The van der Waals surface area contributed by atoms with Crippen LogP contribution in [0.2, 0.25) is 0 Å². The van der Waals surface area contributed by atoms with Crippen LogP contribution in [0.1, 0.15) is 43.0 Å². The second-order valence-electron chi connectivity index (χ2n) is 8.61. The van der Waals surface area contributed by atoms with Gasteiger partial charge in [-0.15, -0.1) is 0 Å². The molecule has 3 aromatic carbocycles. The standard InChI is InChI=1S/C30H31NO6/c1-4-18-37-24-16-12-21(13-17-24)28(32)26-27(20-10-14-23(15-11-20)36-5-2)31(30(34)29(26)33)19-22-8-6-7-9-25(22)35-3/h6-17,27,32H,4-5,18-19H2,1-3H3/b28-26+. The third-order valence-corrected chi connectivity index (χ3v) is 6.18. The molecule has 0 spiro atoms. The van der Waals surface area contributed by atoms with E-state index in [0.717, 1.165) is 12.0 Å². The number of nitrogens with zero attached hydrogens (tertiary/aromatic N) is 1. The molecule has 3 aromatic rings. The van der Waals surface area contributed by atoms with Gasteiger partial charge in [-0.05, 0) is 61.4 Å². The lowest BCUT2D eigenvalue weighted by Gasteiger charge is -2.26. The topological polar surface area (TPSA) is 85.3 Å². The van der Waals surface area contributed by atoms with Crippen molar-refractivity contribution in [3.63, 3.8) is 0 Å². The zero-order valence-corrected chi connectivity index (χ0v) is 21.3. The Labute approximate surface area is 216 Å². The van der Waals surface area contributed by atoms with E-state index in [2.05, 4.69) is 0 Å². The zero-order chi connectivity index (χ0) is 26.4. The predicted octanol–water partition coefficient (Wildman–Crippen LogP) is 5.50. The number of methoxy groups -OCH3 is 1. The van der Waals surface area contributed by atoms with E-state index in [0.29, 0.717) is 41.6 Å². The molecule has 7 heteroatoms. The first-order valence-corrected chi connectivity index (χ1v) is 12.3. The van der Waals surface area contributed by atoms with Gasteiger partial charge in [0.05, 0.1) is 38.5 Å². The first-order chi connectivity index (χ1) is 18.0. The molecule has 7 nitrogen and oxygen atoms in total. The average molecular weight is 502 g/mol. The van der Waals surface area contributed by atoms with E-state index in [1.807, 2.05) is 44.2 Å². The second-order valence-corrected chi connectivity index (χ2v) is 8.61. The van der Waals surface area contributed by atoms with Gasteiger partial charge in [-0.25, -0.2) is 0 Å². The Morgan fingerprint density at radius 2 is 1.54 bits per heavy atom. The van der Waals surface area contributed by atoms with Crippen LogP contribution < -0.4 is 14.2 Å². The van der Waals surface area contributed by atoms with Gasteiger partial charge in [-0.1, -0.05) is 37.3 Å². The number of benzene rings is 3. The van der Waals surface area contributed by atoms with Crippen LogP contribution in [-0.4, -0.2) is 42.0 Å². The maximum absolute atomic E-state index is 13.3. The molecule has 0 saturated carbocycles. The Kier molecular flexibility index (Phi) is 8.13. The lowest BCUT2D eigenvalue weighted by molar-refractivity contribution is -0.140. The Morgan fingerprint density at radius 1 is 0.892 bits per heavy atom. The summed E-state index contributed by atoms with van der Waals surface area (Å²) in [7, 11) is 1.56. The number of Topliss-reactive ketones (excluding diaryl/α,β-unsaturated/α-hetero) is 1. The molecular weight excluding hydrogens is 470 g/mol. The van der Waals surface area contributed by atoms with Gasteiger partial charge in [0.25, 0.3) is 11.7 Å². The van der Waals surface area contributed by atoms with E-state index >= 15 is 0 Å². The van der Waals surface area contributed by atoms with Crippen LogP contribution >= 0.6 is 0 Å². The van der Waals surface area contributed by atoms with Crippen molar-refractivity contribution in [2.24, 2.45) is 0 Å². The quantitative estimate of drug-likeness (QED) is 0.224. The Hall–Kier alpha value is -4.26. The first-order valence-electron chi connectivity index (χ1n) is 12.3. The summed E-state index contributed by atoms with van der Waals surface area (Å²) in [5, 5.41) is 11.3. The zero-order valence-electron chi connectivity index (χ0n) is 21.3. The van der Waals surface area contributed by atoms with Gasteiger partial charge in [0.2, 0.25) is 0 Å². The van der Waals surface area contributed by atoms with Crippen LogP contribution in [-0.2, 0) is 16.1 Å². The Bertz CT molecular complexity index is 1280. The molecule has 1 amide bonds. The summed E-state index contributed by atoms with van der Waals surface area (Å²) in [6.45, 7) is 5.15. The molecule has 0 aromatic heterocycles. The fraction of sp³-hybridized carbons (Fsp3) is 0.267. The van der Waals surface area contributed by atoms with E-state index < -0.39 is 17.7 Å². The molecule has 1 atom stereocenters. The van der Waals surface area contributed by atoms with Crippen molar-refractivity contribution in [2.75, 3.05) is 20.3 Å². The maximum atomic E-state index is 13.3. The number of hydrogen-bond acceptors (Lipinski definition) is 6. The van der Waals surface area contributed by atoms with Crippen LogP contribution in [0.25, 0.3) is 5.76 Å². The minimum absolute atomic E-state index is 0.0336. The largest absolute Gasteiger partial charge is 0.507 e. The number of rotatable bonds is 10. The van der Waals surface area contributed by atoms with Gasteiger partial charge in [-0.3, -0.25) is 9.59 Å². The van der Waals surface area contributed by atoms with Crippen molar-refractivity contribution in [3.8, 4) is 17.2 Å². The Morgan fingerprint density at radius 3 is 2.19 bits per heavy atom. The van der Waals surface area contributed by atoms with E-state index in [1.165, 1.54) is 4.90 Å². The number of carbonyl (C=O) groups excluding carboxylic acids is 2. The van der Waals surface area contributed by atoms with Gasteiger partial charge in [-0.2, -0.15) is 0 Å². The molecule has 0 bridgehead atoms. The minimum atomic E-state index is -0.795.